The van der Waals surface area contributed by atoms with Crippen LogP contribution in [-0.2, 0) is 4.79 Å². The molecule has 1 aliphatic heterocycles. The van der Waals surface area contributed by atoms with Gasteiger partial charge in [0.05, 0.1) is 18.3 Å². The van der Waals surface area contributed by atoms with Gasteiger partial charge < -0.3 is 19.9 Å². The summed E-state index contributed by atoms with van der Waals surface area (Å²) in [7, 11) is 3.82. The standard InChI is InChI=1S/C22H32N4O2/c1-17-8-9-23-22-19(17)15-18(28-3)16-20(22)24-21(27)7-5-4-6-10-26-13-11-25(2)12-14-26/h8-9,15-16H,4-7,10-14H2,1-3H3,(H,24,27). The molecule has 6 heteroatoms. The summed E-state index contributed by atoms with van der Waals surface area (Å²) in [6, 6.07) is 5.78. The lowest BCUT2D eigenvalue weighted by Crippen LogP contribution is -2.44. The quantitative estimate of drug-likeness (QED) is 0.708. The minimum absolute atomic E-state index is 0.0393. The highest BCUT2D eigenvalue weighted by atomic mass is 16.5. The van der Waals surface area contributed by atoms with Gasteiger partial charge in [0.1, 0.15) is 5.75 Å². The number of hydrogen-bond donors (Lipinski definition) is 1. The number of carbonyl (C=O) groups is 1. The van der Waals surface area contributed by atoms with Crippen LogP contribution in [0.5, 0.6) is 5.75 Å². The molecule has 6 nitrogen and oxygen atoms in total. The summed E-state index contributed by atoms with van der Waals surface area (Å²) in [5.41, 5.74) is 2.65. The highest BCUT2D eigenvalue weighted by Crippen LogP contribution is 2.29. The van der Waals surface area contributed by atoms with Crippen molar-refractivity contribution in [3.05, 3.63) is 30.0 Å². The van der Waals surface area contributed by atoms with Crippen LogP contribution in [0.25, 0.3) is 10.9 Å². The molecule has 0 unspecified atom stereocenters. The molecular weight excluding hydrogens is 352 g/mol. The van der Waals surface area contributed by atoms with Gasteiger partial charge in [-0.3, -0.25) is 9.78 Å². The monoisotopic (exact) mass is 384 g/mol. The number of fused-ring (bicyclic) bond motifs is 1. The Morgan fingerprint density at radius 3 is 2.71 bits per heavy atom. The molecule has 1 aromatic heterocycles. The van der Waals surface area contributed by atoms with Crippen molar-refractivity contribution in [3.8, 4) is 5.75 Å². The summed E-state index contributed by atoms with van der Waals surface area (Å²) in [5.74, 6) is 0.767. The fourth-order valence-corrected chi connectivity index (χ4v) is 3.66. The number of methoxy groups -OCH3 is 1. The van der Waals surface area contributed by atoms with Crippen LogP contribution in [-0.4, -0.2) is 67.6 Å². The average Bonchev–Trinajstić information content (AvgIpc) is 2.69. The second-order valence-electron chi connectivity index (χ2n) is 7.70. The molecule has 1 amide bonds. The minimum Gasteiger partial charge on any atom is -0.497 e. The molecule has 0 spiro atoms. The van der Waals surface area contributed by atoms with Crippen LogP contribution < -0.4 is 10.1 Å². The maximum absolute atomic E-state index is 12.4. The number of benzene rings is 1. The van der Waals surface area contributed by atoms with Gasteiger partial charge in [-0.25, -0.2) is 0 Å². The number of carbonyl (C=O) groups excluding carboxylic acids is 1. The van der Waals surface area contributed by atoms with Crippen LogP contribution in [0, 0.1) is 6.92 Å². The molecule has 1 N–H and O–H groups in total. The number of unbranched alkanes of at least 4 members (excludes halogenated alkanes) is 2. The van der Waals surface area contributed by atoms with E-state index in [-0.39, 0.29) is 5.91 Å². The maximum Gasteiger partial charge on any atom is 0.224 e. The molecule has 0 aliphatic carbocycles. The maximum atomic E-state index is 12.4. The number of aryl methyl sites for hydroxylation is 1. The highest BCUT2D eigenvalue weighted by molar-refractivity contribution is 6.01. The van der Waals surface area contributed by atoms with E-state index in [4.69, 9.17) is 4.74 Å². The van der Waals surface area contributed by atoms with Gasteiger partial charge in [0.15, 0.2) is 0 Å². The van der Waals surface area contributed by atoms with E-state index in [0.717, 1.165) is 79.9 Å². The van der Waals surface area contributed by atoms with Gasteiger partial charge in [0.25, 0.3) is 0 Å². The Kier molecular flexibility index (Phi) is 7.23. The van der Waals surface area contributed by atoms with Crippen LogP contribution in [0.15, 0.2) is 24.4 Å². The van der Waals surface area contributed by atoms with E-state index in [2.05, 4.69) is 27.1 Å². The van der Waals surface area contributed by atoms with E-state index >= 15 is 0 Å². The van der Waals surface area contributed by atoms with Gasteiger partial charge in [-0.05, 0) is 51.1 Å². The van der Waals surface area contributed by atoms with E-state index in [1.165, 1.54) is 0 Å². The van der Waals surface area contributed by atoms with E-state index in [9.17, 15) is 4.79 Å². The normalized spacial score (nSPS) is 15.7. The summed E-state index contributed by atoms with van der Waals surface area (Å²) in [6.07, 6.45) is 5.45. The number of piperazine rings is 1. The Balaban J connectivity index is 1.48. The van der Waals surface area contributed by atoms with Crippen molar-refractivity contribution in [2.24, 2.45) is 0 Å². The molecule has 28 heavy (non-hydrogen) atoms. The first-order valence-electron chi connectivity index (χ1n) is 10.2. The van der Waals surface area contributed by atoms with E-state index < -0.39 is 0 Å². The predicted octanol–water partition coefficient (Wildman–Crippen LogP) is 3.30. The molecule has 1 aliphatic rings. The largest absolute Gasteiger partial charge is 0.497 e. The lowest BCUT2D eigenvalue weighted by Gasteiger charge is -2.32. The lowest BCUT2D eigenvalue weighted by atomic mass is 10.1. The molecule has 0 atom stereocenters. The third-order valence-corrected chi connectivity index (χ3v) is 5.52. The van der Waals surface area contributed by atoms with Crippen molar-refractivity contribution in [2.45, 2.75) is 32.6 Å². The third kappa shape index (κ3) is 5.42. The van der Waals surface area contributed by atoms with Crippen molar-refractivity contribution < 1.29 is 9.53 Å². The van der Waals surface area contributed by atoms with Crippen molar-refractivity contribution in [1.29, 1.82) is 0 Å². The highest BCUT2D eigenvalue weighted by Gasteiger charge is 2.13. The second-order valence-corrected chi connectivity index (χ2v) is 7.70. The van der Waals surface area contributed by atoms with Crippen LogP contribution in [0.3, 0.4) is 0 Å². The first-order chi connectivity index (χ1) is 13.6. The van der Waals surface area contributed by atoms with E-state index in [0.29, 0.717) is 6.42 Å². The topological polar surface area (TPSA) is 57.7 Å². The van der Waals surface area contributed by atoms with Crippen LogP contribution in [0.2, 0.25) is 0 Å². The fraction of sp³-hybridized carbons (Fsp3) is 0.545. The smallest absolute Gasteiger partial charge is 0.224 e. The number of hydrogen-bond acceptors (Lipinski definition) is 5. The first kappa shape index (κ1) is 20.6. The number of nitrogens with one attached hydrogen (secondary N) is 1. The van der Waals surface area contributed by atoms with Crippen molar-refractivity contribution in [2.75, 3.05) is 52.2 Å². The number of pyridine rings is 1. The third-order valence-electron chi connectivity index (χ3n) is 5.52. The number of aromatic nitrogens is 1. The molecule has 1 aromatic carbocycles. The van der Waals surface area contributed by atoms with E-state index in [1.54, 1.807) is 13.3 Å². The van der Waals surface area contributed by atoms with Gasteiger partial charge in [-0.15, -0.1) is 0 Å². The molecule has 0 bridgehead atoms. The summed E-state index contributed by atoms with van der Waals surface area (Å²) < 4.78 is 5.39. The fourth-order valence-electron chi connectivity index (χ4n) is 3.66. The zero-order chi connectivity index (χ0) is 19.9. The SMILES string of the molecule is COc1cc(NC(=O)CCCCCN2CCN(C)CC2)c2nccc(C)c2c1. The van der Waals surface area contributed by atoms with E-state index in [1.807, 2.05) is 25.1 Å². The zero-order valence-corrected chi connectivity index (χ0v) is 17.3. The number of likely N-dealkylation sites (N-methyl/N-ethyl adjacent to an activating group) is 1. The first-order valence-corrected chi connectivity index (χ1v) is 10.2. The molecule has 3 rings (SSSR count). The molecular formula is C22H32N4O2. The summed E-state index contributed by atoms with van der Waals surface area (Å²) in [4.78, 5) is 21.8. The Labute approximate surface area is 167 Å². The summed E-state index contributed by atoms with van der Waals surface area (Å²) in [5, 5.41) is 4.04. The van der Waals surface area contributed by atoms with Crippen molar-refractivity contribution >= 4 is 22.5 Å². The molecule has 1 saturated heterocycles. The molecule has 152 valence electrons. The number of rotatable bonds is 8. The number of ether oxygens (including phenoxy) is 1. The van der Waals surface area contributed by atoms with Crippen LogP contribution in [0.1, 0.15) is 31.2 Å². The molecule has 0 saturated carbocycles. The Bertz CT molecular complexity index is 800. The lowest BCUT2D eigenvalue weighted by molar-refractivity contribution is -0.116. The van der Waals surface area contributed by atoms with Gasteiger partial charge in [0, 0.05) is 50.2 Å². The van der Waals surface area contributed by atoms with Gasteiger partial charge in [-0.1, -0.05) is 6.42 Å². The molecule has 2 heterocycles. The molecule has 1 fully saturated rings. The number of nitrogens with zero attached hydrogens (tertiary/aromatic N) is 3. The Morgan fingerprint density at radius 2 is 1.96 bits per heavy atom. The van der Waals surface area contributed by atoms with Crippen molar-refractivity contribution in [3.63, 3.8) is 0 Å². The number of anilines is 1. The van der Waals surface area contributed by atoms with Crippen LogP contribution >= 0.6 is 0 Å². The summed E-state index contributed by atoms with van der Waals surface area (Å²) >= 11 is 0. The van der Waals surface area contributed by atoms with Gasteiger partial charge in [0.2, 0.25) is 5.91 Å². The minimum atomic E-state index is 0.0393. The molecule has 2 aromatic rings. The predicted molar refractivity (Wildman–Crippen MR) is 114 cm³/mol. The Morgan fingerprint density at radius 1 is 1.18 bits per heavy atom. The van der Waals surface area contributed by atoms with Crippen molar-refractivity contribution in [1.82, 2.24) is 14.8 Å². The van der Waals surface area contributed by atoms with Gasteiger partial charge >= 0.3 is 0 Å². The number of amides is 1. The van der Waals surface area contributed by atoms with Crippen LogP contribution in [0.4, 0.5) is 5.69 Å². The zero-order valence-electron chi connectivity index (χ0n) is 17.3. The second kappa shape index (κ2) is 9.85. The summed E-state index contributed by atoms with van der Waals surface area (Å²) in [6.45, 7) is 7.81. The Hall–Kier alpha value is -2.18. The van der Waals surface area contributed by atoms with Gasteiger partial charge in [-0.2, -0.15) is 0 Å². The average molecular weight is 385 g/mol. The molecule has 0 radical (unpaired) electrons.